The quantitative estimate of drug-likeness (QED) is 0.875. The van der Waals surface area contributed by atoms with Crippen molar-refractivity contribution in [1.29, 1.82) is 0 Å². The van der Waals surface area contributed by atoms with Gasteiger partial charge in [0.05, 0.1) is 14.2 Å². The molecule has 0 aromatic heterocycles. The second-order valence-corrected chi connectivity index (χ2v) is 6.20. The zero-order chi connectivity index (χ0) is 18.5. The predicted molar refractivity (Wildman–Crippen MR) is 92.6 cm³/mol. The summed E-state index contributed by atoms with van der Waals surface area (Å²) >= 11 is 0. The van der Waals surface area contributed by atoms with Gasteiger partial charge in [-0.2, -0.15) is 0 Å². The van der Waals surface area contributed by atoms with Gasteiger partial charge in [-0.1, -0.05) is 0 Å². The molecule has 2 heterocycles. The van der Waals surface area contributed by atoms with Gasteiger partial charge in [0.25, 0.3) is 0 Å². The van der Waals surface area contributed by atoms with Gasteiger partial charge < -0.3 is 24.3 Å². The number of methoxy groups -OCH3 is 2. The fourth-order valence-electron chi connectivity index (χ4n) is 3.28. The maximum Gasteiger partial charge on any atom is 0.410 e. The summed E-state index contributed by atoms with van der Waals surface area (Å²) in [4.78, 5) is 26.0. The highest BCUT2D eigenvalue weighted by Crippen LogP contribution is 2.36. The first-order valence-electron chi connectivity index (χ1n) is 8.73. The molecule has 8 nitrogen and oxygen atoms in total. The summed E-state index contributed by atoms with van der Waals surface area (Å²) < 4.78 is 21.3. The van der Waals surface area contributed by atoms with Crippen LogP contribution in [0.4, 0.5) is 4.79 Å². The molecule has 1 fully saturated rings. The van der Waals surface area contributed by atoms with Crippen molar-refractivity contribution in [3.8, 4) is 17.2 Å². The lowest BCUT2D eigenvalue weighted by atomic mass is 10.0. The van der Waals surface area contributed by atoms with E-state index in [9.17, 15) is 9.59 Å². The van der Waals surface area contributed by atoms with Crippen LogP contribution < -0.4 is 19.5 Å². The Bertz CT molecular complexity index is 678. The van der Waals surface area contributed by atoms with Gasteiger partial charge in [-0.15, -0.1) is 0 Å². The molecule has 2 amide bonds. The topological polar surface area (TPSA) is 86.3 Å². The first kappa shape index (κ1) is 18.2. The number of fused-ring (bicyclic) bond motifs is 1. The van der Waals surface area contributed by atoms with Gasteiger partial charge >= 0.3 is 6.09 Å². The van der Waals surface area contributed by atoms with Crippen molar-refractivity contribution in [3.63, 3.8) is 0 Å². The fourth-order valence-corrected chi connectivity index (χ4v) is 3.28. The normalized spacial score (nSPS) is 18.8. The van der Waals surface area contributed by atoms with Gasteiger partial charge in [-0.05, 0) is 25.3 Å². The van der Waals surface area contributed by atoms with Gasteiger partial charge in [0.1, 0.15) is 25.0 Å². The average Bonchev–Trinajstić information content (AvgIpc) is 2.70. The Morgan fingerprint density at radius 1 is 1.19 bits per heavy atom. The van der Waals surface area contributed by atoms with Crippen LogP contribution >= 0.6 is 0 Å². The highest BCUT2D eigenvalue weighted by molar-refractivity contribution is 5.85. The highest BCUT2D eigenvalue weighted by atomic mass is 16.6. The fraction of sp³-hybridized carbons (Fsp3) is 0.556. The molecule has 1 aromatic carbocycles. The predicted octanol–water partition coefficient (Wildman–Crippen LogP) is 1.70. The first-order chi connectivity index (χ1) is 12.6. The van der Waals surface area contributed by atoms with Crippen molar-refractivity contribution < 1.29 is 28.5 Å². The molecule has 8 heteroatoms. The van der Waals surface area contributed by atoms with E-state index < -0.39 is 12.1 Å². The summed E-state index contributed by atoms with van der Waals surface area (Å²) in [5.41, 5.74) is 0.783. The van der Waals surface area contributed by atoms with E-state index in [1.54, 1.807) is 13.2 Å². The Balaban J connectivity index is 1.69. The number of benzene rings is 1. The molecule has 0 saturated carbocycles. The van der Waals surface area contributed by atoms with Crippen molar-refractivity contribution in [2.75, 3.05) is 34.0 Å². The van der Waals surface area contributed by atoms with E-state index in [1.807, 2.05) is 6.07 Å². The summed E-state index contributed by atoms with van der Waals surface area (Å²) in [7, 11) is 2.89. The summed E-state index contributed by atoms with van der Waals surface area (Å²) in [6.45, 7) is 1.78. The van der Waals surface area contributed by atoms with Crippen molar-refractivity contribution in [1.82, 2.24) is 10.2 Å². The highest BCUT2D eigenvalue weighted by Gasteiger charge is 2.32. The van der Waals surface area contributed by atoms with E-state index in [2.05, 4.69) is 5.32 Å². The number of likely N-dealkylation sites (tertiary alicyclic amines) is 1. The molecule has 0 spiro atoms. The van der Waals surface area contributed by atoms with Crippen LogP contribution in [0.1, 0.15) is 24.8 Å². The molecule has 1 atom stereocenters. The third-order valence-corrected chi connectivity index (χ3v) is 4.61. The number of hydrogen-bond acceptors (Lipinski definition) is 6. The van der Waals surface area contributed by atoms with Gasteiger partial charge in [0.15, 0.2) is 11.5 Å². The lowest BCUT2D eigenvalue weighted by Gasteiger charge is -2.33. The molecule has 1 unspecified atom stereocenters. The summed E-state index contributed by atoms with van der Waals surface area (Å²) in [5, 5.41) is 2.89. The van der Waals surface area contributed by atoms with Gasteiger partial charge in [-0.3, -0.25) is 9.69 Å². The molecule has 1 aromatic rings. The lowest BCUT2D eigenvalue weighted by molar-refractivity contribution is -0.127. The first-order valence-corrected chi connectivity index (χ1v) is 8.73. The van der Waals surface area contributed by atoms with Crippen LogP contribution in [0, 0.1) is 0 Å². The SMILES string of the molecule is COC(=O)N1CCCCC1C(=O)NCc1cc2c(cc1OC)OCCO2. The molecule has 0 bridgehead atoms. The number of hydrogen-bond donors (Lipinski definition) is 1. The number of carbonyl (C=O) groups excluding carboxylic acids is 2. The standard InChI is InChI=1S/C18H24N2O6/c1-23-14-10-16-15(25-7-8-26-16)9-12(14)11-19-17(21)13-5-3-4-6-20(13)18(22)24-2/h9-10,13H,3-8,11H2,1-2H3,(H,19,21). The zero-order valence-electron chi connectivity index (χ0n) is 15.1. The van der Waals surface area contributed by atoms with Crippen LogP contribution in [0.5, 0.6) is 17.2 Å². The minimum absolute atomic E-state index is 0.202. The molecule has 26 heavy (non-hydrogen) atoms. The molecule has 3 rings (SSSR count). The largest absolute Gasteiger partial charge is 0.496 e. The third-order valence-electron chi connectivity index (χ3n) is 4.61. The molecule has 142 valence electrons. The molecule has 0 aliphatic carbocycles. The maximum atomic E-state index is 12.6. The second-order valence-electron chi connectivity index (χ2n) is 6.20. The molecule has 1 N–H and O–H groups in total. The number of rotatable bonds is 4. The minimum atomic E-state index is -0.514. The van der Waals surface area contributed by atoms with Crippen molar-refractivity contribution >= 4 is 12.0 Å². The minimum Gasteiger partial charge on any atom is -0.496 e. The van der Waals surface area contributed by atoms with E-state index in [-0.39, 0.29) is 12.5 Å². The van der Waals surface area contributed by atoms with E-state index in [1.165, 1.54) is 12.0 Å². The number of nitrogens with zero attached hydrogens (tertiary/aromatic N) is 1. The number of piperidine rings is 1. The summed E-state index contributed by atoms with van der Waals surface area (Å²) in [6.07, 6.45) is 1.93. The van der Waals surface area contributed by atoms with Crippen LogP contribution in [-0.4, -0.2) is 56.9 Å². The smallest absolute Gasteiger partial charge is 0.410 e. The maximum absolute atomic E-state index is 12.6. The molecular formula is C18H24N2O6. The Hall–Kier alpha value is -2.64. The van der Waals surface area contributed by atoms with Gasteiger partial charge in [0, 0.05) is 24.7 Å². The van der Waals surface area contributed by atoms with Crippen LogP contribution in [-0.2, 0) is 16.1 Å². The van der Waals surface area contributed by atoms with Crippen molar-refractivity contribution in [2.24, 2.45) is 0 Å². The van der Waals surface area contributed by atoms with Crippen LogP contribution in [0.2, 0.25) is 0 Å². The van der Waals surface area contributed by atoms with Crippen molar-refractivity contribution in [2.45, 2.75) is 31.8 Å². The molecule has 0 radical (unpaired) electrons. The van der Waals surface area contributed by atoms with E-state index in [4.69, 9.17) is 18.9 Å². The molecular weight excluding hydrogens is 340 g/mol. The summed E-state index contributed by atoms with van der Waals surface area (Å²) in [6, 6.07) is 3.06. The molecule has 1 saturated heterocycles. The average molecular weight is 364 g/mol. The Kier molecular flexibility index (Phi) is 5.70. The van der Waals surface area contributed by atoms with Crippen LogP contribution in [0.15, 0.2) is 12.1 Å². The van der Waals surface area contributed by atoms with Crippen LogP contribution in [0.3, 0.4) is 0 Å². The second kappa shape index (κ2) is 8.16. The van der Waals surface area contributed by atoms with Gasteiger partial charge in [0.2, 0.25) is 5.91 Å². The number of carbonyl (C=O) groups is 2. The monoisotopic (exact) mass is 364 g/mol. The molecule has 2 aliphatic rings. The Morgan fingerprint density at radius 2 is 1.92 bits per heavy atom. The third kappa shape index (κ3) is 3.79. The van der Waals surface area contributed by atoms with Crippen LogP contribution in [0.25, 0.3) is 0 Å². The van der Waals surface area contributed by atoms with Gasteiger partial charge in [-0.25, -0.2) is 4.79 Å². The Morgan fingerprint density at radius 3 is 2.62 bits per heavy atom. The lowest BCUT2D eigenvalue weighted by Crippen LogP contribution is -2.51. The van der Waals surface area contributed by atoms with Crippen molar-refractivity contribution in [3.05, 3.63) is 17.7 Å². The van der Waals surface area contributed by atoms with E-state index in [0.29, 0.717) is 43.4 Å². The number of nitrogens with one attached hydrogen (secondary N) is 1. The summed E-state index contributed by atoms with van der Waals surface area (Å²) in [5.74, 6) is 1.68. The number of ether oxygens (including phenoxy) is 4. The van der Waals surface area contributed by atoms with E-state index >= 15 is 0 Å². The Labute approximate surface area is 152 Å². The number of amides is 2. The van der Waals surface area contributed by atoms with E-state index in [0.717, 1.165) is 18.4 Å². The zero-order valence-corrected chi connectivity index (χ0v) is 15.1. The molecule has 2 aliphatic heterocycles.